The smallest absolute Gasteiger partial charge is 0.264 e. The van der Waals surface area contributed by atoms with Crippen molar-refractivity contribution < 1.29 is 13.9 Å². The first-order valence-corrected chi connectivity index (χ1v) is 11.5. The van der Waals surface area contributed by atoms with E-state index >= 15 is 0 Å². The van der Waals surface area contributed by atoms with Gasteiger partial charge in [-0.05, 0) is 47.3 Å². The SMILES string of the molecule is O=C(c1cc(COc2cccc(Cl)c2)cs1)N1CCN(Cc2ccc(F)cc2Cl)CC1. The molecule has 1 saturated heterocycles. The maximum absolute atomic E-state index is 13.2. The van der Waals surface area contributed by atoms with E-state index in [0.717, 1.165) is 24.2 Å². The molecule has 0 bridgehead atoms. The Kier molecular flexibility index (Phi) is 7.13. The van der Waals surface area contributed by atoms with Crippen molar-refractivity contribution in [1.29, 1.82) is 0 Å². The van der Waals surface area contributed by atoms with Gasteiger partial charge in [-0.2, -0.15) is 0 Å². The zero-order valence-electron chi connectivity index (χ0n) is 16.7. The number of halogens is 3. The maximum Gasteiger partial charge on any atom is 0.264 e. The van der Waals surface area contributed by atoms with Gasteiger partial charge in [0.05, 0.1) is 4.88 Å². The van der Waals surface area contributed by atoms with Crippen LogP contribution in [0.2, 0.25) is 10.0 Å². The largest absolute Gasteiger partial charge is 0.489 e. The molecule has 0 N–H and O–H groups in total. The first kappa shape index (κ1) is 22.1. The zero-order chi connectivity index (χ0) is 21.8. The minimum absolute atomic E-state index is 0.0403. The van der Waals surface area contributed by atoms with E-state index in [1.54, 1.807) is 18.2 Å². The number of hydrogen-bond acceptors (Lipinski definition) is 4. The fourth-order valence-electron chi connectivity index (χ4n) is 3.44. The molecule has 0 aliphatic carbocycles. The minimum atomic E-state index is -0.336. The van der Waals surface area contributed by atoms with E-state index in [0.29, 0.717) is 46.9 Å². The monoisotopic (exact) mass is 478 g/mol. The van der Waals surface area contributed by atoms with E-state index in [2.05, 4.69) is 4.90 Å². The number of nitrogens with zero attached hydrogens (tertiary/aromatic N) is 2. The van der Waals surface area contributed by atoms with Gasteiger partial charge >= 0.3 is 0 Å². The molecule has 162 valence electrons. The standard InChI is InChI=1S/C23H21Cl2FN2O2S/c24-18-2-1-3-20(11-18)30-14-16-10-22(31-15-16)23(29)28-8-6-27(7-9-28)13-17-4-5-19(26)12-21(17)25/h1-5,10-12,15H,6-9,13-14H2. The molecule has 0 saturated carbocycles. The van der Waals surface area contributed by atoms with Crippen LogP contribution in [0.15, 0.2) is 53.9 Å². The number of rotatable bonds is 6. The fourth-order valence-corrected chi connectivity index (χ4v) is 4.71. The average molecular weight is 479 g/mol. The van der Waals surface area contributed by atoms with E-state index in [-0.39, 0.29) is 11.7 Å². The van der Waals surface area contributed by atoms with Crippen molar-refractivity contribution in [1.82, 2.24) is 9.80 Å². The highest BCUT2D eigenvalue weighted by molar-refractivity contribution is 7.12. The molecule has 1 aliphatic rings. The number of thiophene rings is 1. The van der Waals surface area contributed by atoms with Crippen molar-refractivity contribution >= 4 is 40.4 Å². The molecule has 1 aromatic heterocycles. The third kappa shape index (κ3) is 5.77. The molecule has 8 heteroatoms. The van der Waals surface area contributed by atoms with Crippen LogP contribution in [-0.4, -0.2) is 41.9 Å². The lowest BCUT2D eigenvalue weighted by molar-refractivity contribution is 0.0633. The maximum atomic E-state index is 13.2. The van der Waals surface area contributed by atoms with Gasteiger partial charge < -0.3 is 9.64 Å². The van der Waals surface area contributed by atoms with Crippen molar-refractivity contribution in [3.8, 4) is 5.75 Å². The number of amides is 1. The van der Waals surface area contributed by atoms with Crippen LogP contribution in [0.4, 0.5) is 4.39 Å². The second-order valence-electron chi connectivity index (χ2n) is 7.37. The van der Waals surface area contributed by atoms with Crippen LogP contribution in [0.1, 0.15) is 20.8 Å². The summed E-state index contributed by atoms with van der Waals surface area (Å²) in [6.07, 6.45) is 0. The van der Waals surface area contributed by atoms with Gasteiger partial charge in [-0.1, -0.05) is 35.3 Å². The first-order chi connectivity index (χ1) is 15.0. The molecule has 0 unspecified atom stereocenters. The Bertz CT molecular complexity index is 1070. The van der Waals surface area contributed by atoms with Crippen LogP contribution in [0.25, 0.3) is 0 Å². The third-order valence-electron chi connectivity index (χ3n) is 5.13. The van der Waals surface area contributed by atoms with Crippen LogP contribution < -0.4 is 4.74 Å². The minimum Gasteiger partial charge on any atom is -0.489 e. The highest BCUT2D eigenvalue weighted by Crippen LogP contribution is 2.23. The van der Waals surface area contributed by atoms with Gasteiger partial charge in [0.15, 0.2) is 0 Å². The molecule has 4 rings (SSSR count). The van der Waals surface area contributed by atoms with E-state index < -0.39 is 0 Å². The summed E-state index contributed by atoms with van der Waals surface area (Å²) in [6, 6.07) is 13.6. The Hall–Kier alpha value is -2.12. The molecule has 2 heterocycles. The Morgan fingerprint density at radius 1 is 1.06 bits per heavy atom. The number of piperazine rings is 1. The van der Waals surface area contributed by atoms with Gasteiger partial charge in [-0.3, -0.25) is 9.69 Å². The fraction of sp³-hybridized carbons (Fsp3) is 0.261. The number of hydrogen-bond donors (Lipinski definition) is 0. The summed E-state index contributed by atoms with van der Waals surface area (Å²) in [5.41, 5.74) is 1.85. The quantitative estimate of drug-likeness (QED) is 0.453. The highest BCUT2D eigenvalue weighted by Gasteiger charge is 2.23. The van der Waals surface area contributed by atoms with Crippen molar-refractivity contribution in [2.45, 2.75) is 13.2 Å². The summed E-state index contributed by atoms with van der Waals surface area (Å²) < 4.78 is 19.0. The number of benzene rings is 2. The lowest BCUT2D eigenvalue weighted by Crippen LogP contribution is -2.48. The van der Waals surface area contributed by atoms with Crippen molar-refractivity contribution in [2.24, 2.45) is 0 Å². The van der Waals surface area contributed by atoms with Gasteiger partial charge in [0.1, 0.15) is 18.2 Å². The molecular weight excluding hydrogens is 458 g/mol. The normalized spacial score (nSPS) is 14.6. The highest BCUT2D eigenvalue weighted by atomic mass is 35.5. The third-order valence-corrected chi connectivity index (χ3v) is 6.69. The average Bonchev–Trinajstić information content (AvgIpc) is 3.23. The molecule has 1 aliphatic heterocycles. The van der Waals surface area contributed by atoms with Crippen molar-refractivity contribution in [3.63, 3.8) is 0 Å². The summed E-state index contributed by atoms with van der Waals surface area (Å²) >= 11 is 13.5. The molecule has 0 radical (unpaired) electrons. The molecule has 2 aromatic carbocycles. The van der Waals surface area contributed by atoms with Gasteiger partial charge in [0, 0.05) is 48.3 Å². The van der Waals surface area contributed by atoms with Crippen LogP contribution in [0, 0.1) is 5.82 Å². The molecule has 0 spiro atoms. The summed E-state index contributed by atoms with van der Waals surface area (Å²) in [5, 5.41) is 3.01. The van der Waals surface area contributed by atoms with Crippen LogP contribution in [-0.2, 0) is 13.2 Å². The molecule has 0 atom stereocenters. The summed E-state index contributed by atoms with van der Waals surface area (Å²) in [5.74, 6) is 0.403. The van der Waals surface area contributed by atoms with Gasteiger partial charge in [-0.25, -0.2) is 4.39 Å². The van der Waals surface area contributed by atoms with Crippen LogP contribution in [0.5, 0.6) is 5.75 Å². The van der Waals surface area contributed by atoms with Crippen molar-refractivity contribution in [3.05, 3.63) is 85.8 Å². The molecule has 3 aromatic rings. The Labute approximate surface area is 194 Å². The second-order valence-corrected chi connectivity index (χ2v) is 9.12. The number of carbonyl (C=O) groups excluding carboxylic acids is 1. The molecule has 1 fully saturated rings. The van der Waals surface area contributed by atoms with Crippen LogP contribution in [0.3, 0.4) is 0 Å². The van der Waals surface area contributed by atoms with Gasteiger partial charge in [0.2, 0.25) is 0 Å². The van der Waals surface area contributed by atoms with E-state index in [1.807, 2.05) is 28.5 Å². The number of carbonyl (C=O) groups is 1. The molecule has 1 amide bonds. The Morgan fingerprint density at radius 3 is 2.61 bits per heavy atom. The van der Waals surface area contributed by atoms with Crippen molar-refractivity contribution in [2.75, 3.05) is 26.2 Å². The van der Waals surface area contributed by atoms with E-state index in [4.69, 9.17) is 27.9 Å². The summed E-state index contributed by atoms with van der Waals surface area (Å²) in [4.78, 5) is 17.7. The lowest BCUT2D eigenvalue weighted by atomic mass is 10.2. The lowest BCUT2D eigenvalue weighted by Gasteiger charge is -2.34. The summed E-state index contributed by atoms with van der Waals surface area (Å²) in [7, 11) is 0. The zero-order valence-corrected chi connectivity index (χ0v) is 19.0. The Balaban J connectivity index is 1.28. The predicted molar refractivity (Wildman–Crippen MR) is 123 cm³/mol. The summed E-state index contributed by atoms with van der Waals surface area (Å²) in [6.45, 7) is 3.81. The van der Waals surface area contributed by atoms with Crippen LogP contribution >= 0.6 is 34.5 Å². The second kappa shape index (κ2) is 10.0. The number of ether oxygens (including phenoxy) is 1. The van der Waals surface area contributed by atoms with E-state index in [9.17, 15) is 9.18 Å². The molecule has 31 heavy (non-hydrogen) atoms. The topological polar surface area (TPSA) is 32.8 Å². The Morgan fingerprint density at radius 2 is 1.87 bits per heavy atom. The van der Waals surface area contributed by atoms with Gasteiger partial charge in [-0.15, -0.1) is 11.3 Å². The van der Waals surface area contributed by atoms with E-state index in [1.165, 1.54) is 23.5 Å². The molecular formula is C23H21Cl2FN2O2S. The first-order valence-electron chi connectivity index (χ1n) is 9.89. The van der Waals surface area contributed by atoms with Gasteiger partial charge in [0.25, 0.3) is 5.91 Å². The predicted octanol–water partition coefficient (Wildman–Crippen LogP) is 5.73. The molecule has 4 nitrogen and oxygen atoms in total.